The SMILES string of the molecule is CCCCC(c1ccc(O)c(CCC)c1)c1ccc(O)c(CCC)c1. The minimum atomic E-state index is 0.312. The van der Waals surface area contributed by atoms with E-state index in [1.165, 1.54) is 17.5 Å². The van der Waals surface area contributed by atoms with Crippen molar-refractivity contribution in [1.29, 1.82) is 0 Å². The zero-order valence-corrected chi connectivity index (χ0v) is 15.9. The molecule has 0 aliphatic rings. The van der Waals surface area contributed by atoms with Gasteiger partial charge in [-0.25, -0.2) is 0 Å². The van der Waals surface area contributed by atoms with Gasteiger partial charge < -0.3 is 10.2 Å². The summed E-state index contributed by atoms with van der Waals surface area (Å²) in [4.78, 5) is 0. The normalized spacial score (nSPS) is 11.2. The van der Waals surface area contributed by atoms with Crippen LogP contribution in [0.5, 0.6) is 11.5 Å². The highest BCUT2D eigenvalue weighted by molar-refractivity contribution is 5.44. The fourth-order valence-corrected chi connectivity index (χ4v) is 3.52. The largest absolute Gasteiger partial charge is 0.508 e. The highest BCUT2D eigenvalue weighted by Crippen LogP contribution is 2.35. The minimum absolute atomic E-state index is 0.312. The Bertz CT molecular complexity index is 620. The number of phenolic OH excluding ortho intramolecular Hbond substituents is 2. The molecular formula is C23H32O2. The summed E-state index contributed by atoms with van der Waals surface area (Å²) < 4.78 is 0. The summed E-state index contributed by atoms with van der Waals surface area (Å²) in [6, 6.07) is 12.1. The summed E-state index contributed by atoms with van der Waals surface area (Å²) in [5.41, 5.74) is 4.61. The molecule has 0 radical (unpaired) electrons. The van der Waals surface area contributed by atoms with Gasteiger partial charge in [-0.05, 0) is 53.6 Å². The number of benzene rings is 2. The van der Waals surface area contributed by atoms with Crippen LogP contribution in [0.15, 0.2) is 36.4 Å². The zero-order valence-electron chi connectivity index (χ0n) is 15.9. The van der Waals surface area contributed by atoms with E-state index in [4.69, 9.17) is 0 Å². The van der Waals surface area contributed by atoms with Crippen LogP contribution < -0.4 is 0 Å². The van der Waals surface area contributed by atoms with Crippen LogP contribution >= 0.6 is 0 Å². The number of rotatable bonds is 9. The Morgan fingerprint density at radius 1 is 0.720 bits per heavy atom. The molecule has 2 heteroatoms. The number of unbranched alkanes of at least 4 members (excludes halogenated alkanes) is 1. The minimum Gasteiger partial charge on any atom is -0.508 e. The molecule has 2 N–H and O–H groups in total. The Morgan fingerprint density at radius 3 is 1.60 bits per heavy atom. The van der Waals surface area contributed by atoms with E-state index in [0.717, 1.165) is 49.7 Å². The maximum absolute atomic E-state index is 10.1. The Morgan fingerprint density at radius 2 is 1.20 bits per heavy atom. The number of aromatic hydroxyl groups is 2. The Kier molecular flexibility index (Phi) is 7.36. The van der Waals surface area contributed by atoms with Gasteiger partial charge in [-0.1, -0.05) is 70.7 Å². The number of phenols is 2. The van der Waals surface area contributed by atoms with Crippen molar-refractivity contribution in [2.24, 2.45) is 0 Å². The van der Waals surface area contributed by atoms with Crippen LogP contribution in [-0.4, -0.2) is 10.2 Å². The first-order valence-electron chi connectivity index (χ1n) is 9.74. The van der Waals surface area contributed by atoms with Crippen molar-refractivity contribution < 1.29 is 10.2 Å². The summed E-state index contributed by atoms with van der Waals surface area (Å²) in [5, 5.41) is 20.2. The molecule has 2 rings (SSSR count). The summed E-state index contributed by atoms with van der Waals surface area (Å²) in [6.07, 6.45) is 7.26. The van der Waals surface area contributed by atoms with Gasteiger partial charge in [-0.3, -0.25) is 0 Å². The highest BCUT2D eigenvalue weighted by Gasteiger charge is 2.17. The van der Waals surface area contributed by atoms with Gasteiger partial charge in [-0.2, -0.15) is 0 Å². The van der Waals surface area contributed by atoms with Crippen molar-refractivity contribution >= 4 is 0 Å². The van der Waals surface area contributed by atoms with Gasteiger partial charge >= 0.3 is 0 Å². The molecule has 0 amide bonds. The van der Waals surface area contributed by atoms with E-state index in [9.17, 15) is 10.2 Å². The molecule has 2 nitrogen and oxygen atoms in total. The maximum Gasteiger partial charge on any atom is 0.118 e. The lowest BCUT2D eigenvalue weighted by molar-refractivity contribution is 0.466. The molecule has 136 valence electrons. The number of hydrogen-bond donors (Lipinski definition) is 2. The van der Waals surface area contributed by atoms with E-state index in [2.05, 4.69) is 45.0 Å². The topological polar surface area (TPSA) is 40.5 Å². The van der Waals surface area contributed by atoms with E-state index >= 15 is 0 Å². The van der Waals surface area contributed by atoms with Gasteiger partial charge in [0.1, 0.15) is 11.5 Å². The van der Waals surface area contributed by atoms with Crippen LogP contribution in [-0.2, 0) is 12.8 Å². The van der Waals surface area contributed by atoms with Crippen LogP contribution in [0.4, 0.5) is 0 Å². The van der Waals surface area contributed by atoms with Crippen molar-refractivity contribution in [1.82, 2.24) is 0 Å². The van der Waals surface area contributed by atoms with E-state index in [-0.39, 0.29) is 0 Å². The second-order valence-corrected chi connectivity index (χ2v) is 6.97. The van der Waals surface area contributed by atoms with Crippen LogP contribution in [0.3, 0.4) is 0 Å². The average molecular weight is 341 g/mol. The fourth-order valence-electron chi connectivity index (χ4n) is 3.52. The molecule has 0 aliphatic heterocycles. The lowest BCUT2D eigenvalue weighted by Crippen LogP contribution is -2.03. The van der Waals surface area contributed by atoms with Crippen molar-refractivity contribution in [3.8, 4) is 11.5 Å². The third-order valence-electron chi connectivity index (χ3n) is 4.90. The van der Waals surface area contributed by atoms with Crippen molar-refractivity contribution in [2.75, 3.05) is 0 Å². The molecule has 2 aromatic rings. The van der Waals surface area contributed by atoms with Crippen molar-refractivity contribution in [2.45, 2.75) is 71.6 Å². The molecule has 0 saturated heterocycles. The average Bonchev–Trinajstić information content (AvgIpc) is 2.61. The van der Waals surface area contributed by atoms with Crippen LogP contribution in [0.25, 0.3) is 0 Å². The molecule has 25 heavy (non-hydrogen) atoms. The van der Waals surface area contributed by atoms with Gasteiger partial charge in [0, 0.05) is 5.92 Å². The summed E-state index contributed by atoms with van der Waals surface area (Å²) >= 11 is 0. The van der Waals surface area contributed by atoms with E-state index in [1.54, 1.807) is 0 Å². The molecule has 0 heterocycles. The standard InChI is InChI=1S/C23H32O2/c1-4-7-10-21(17-11-13-22(24)19(15-17)8-5-2)18-12-14-23(25)20(16-18)9-6-3/h11-16,21,24-25H,4-10H2,1-3H3. The smallest absolute Gasteiger partial charge is 0.118 e. The lowest BCUT2D eigenvalue weighted by Gasteiger charge is -2.20. The van der Waals surface area contributed by atoms with E-state index in [0.29, 0.717) is 17.4 Å². The first-order valence-corrected chi connectivity index (χ1v) is 9.74. The van der Waals surface area contributed by atoms with Gasteiger partial charge in [0.15, 0.2) is 0 Å². The molecule has 0 saturated carbocycles. The van der Waals surface area contributed by atoms with Crippen LogP contribution in [0.2, 0.25) is 0 Å². The van der Waals surface area contributed by atoms with E-state index in [1.807, 2.05) is 12.1 Å². The Balaban J connectivity index is 2.42. The lowest BCUT2D eigenvalue weighted by atomic mass is 9.85. The molecule has 0 aromatic heterocycles. The third-order valence-corrected chi connectivity index (χ3v) is 4.90. The molecule has 0 spiro atoms. The summed E-state index contributed by atoms with van der Waals surface area (Å²) in [5.74, 6) is 1.11. The number of hydrogen-bond acceptors (Lipinski definition) is 2. The van der Waals surface area contributed by atoms with Gasteiger partial charge in [0.25, 0.3) is 0 Å². The molecule has 0 atom stereocenters. The molecule has 0 aliphatic carbocycles. The monoisotopic (exact) mass is 340 g/mol. The van der Waals surface area contributed by atoms with Crippen LogP contribution in [0, 0.1) is 0 Å². The van der Waals surface area contributed by atoms with Gasteiger partial charge in [0.2, 0.25) is 0 Å². The molecule has 0 unspecified atom stereocenters. The predicted molar refractivity (Wildman–Crippen MR) is 106 cm³/mol. The summed E-state index contributed by atoms with van der Waals surface area (Å²) in [6.45, 7) is 6.49. The first kappa shape index (κ1) is 19.4. The molecule has 0 fully saturated rings. The first-order chi connectivity index (χ1) is 12.1. The van der Waals surface area contributed by atoms with Crippen molar-refractivity contribution in [3.63, 3.8) is 0 Å². The summed E-state index contributed by atoms with van der Waals surface area (Å²) in [7, 11) is 0. The second kappa shape index (κ2) is 9.50. The maximum atomic E-state index is 10.1. The van der Waals surface area contributed by atoms with Crippen LogP contribution in [0.1, 0.15) is 81.0 Å². The van der Waals surface area contributed by atoms with Crippen molar-refractivity contribution in [3.05, 3.63) is 58.7 Å². The predicted octanol–water partition coefficient (Wildman–Crippen LogP) is 6.32. The quantitative estimate of drug-likeness (QED) is 0.560. The Labute approximate surface area is 152 Å². The zero-order chi connectivity index (χ0) is 18.2. The van der Waals surface area contributed by atoms with Gasteiger partial charge in [0.05, 0.1) is 0 Å². The second-order valence-electron chi connectivity index (χ2n) is 6.97. The third kappa shape index (κ3) is 5.01. The van der Waals surface area contributed by atoms with E-state index < -0.39 is 0 Å². The highest BCUT2D eigenvalue weighted by atomic mass is 16.3. The molecule has 0 bridgehead atoms. The Hall–Kier alpha value is -1.96. The van der Waals surface area contributed by atoms with Gasteiger partial charge in [-0.15, -0.1) is 0 Å². The number of aryl methyl sites for hydroxylation is 2. The molecular weight excluding hydrogens is 308 g/mol. The fraction of sp³-hybridized carbons (Fsp3) is 0.478. The molecule has 2 aromatic carbocycles.